The fourth-order valence-corrected chi connectivity index (χ4v) is 11.6. The van der Waals surface area contributed by atoms with Crippen molar-refractivity contribution in [2.45, 2.75) is 158 Å². The van der Waals surface area contributed by atoms with E-state index < -0.39 is 0 Å². The van der Waals surface area contributed by atoms with Gasteiger partial charge in [-0.3, -0.25) is 0 Å². The topological polar surface area (TPSA) is 57.4 Å². The van der Waals surface area contributed by atoms with Crippen molar-refractivity contribution >= 4 is 46.4 Å². The summed E-state index contributed by atoms with van der Waals surface area (Å²) in [5.41, 5.74) is 28.1. The second-order valence-electron chi connectivity index (χ2n) is 23.0. The molecule has 0 saturated carbocycles. The number of hydrogen-bond acceptors (Lipinski definition) is 2. The summed E-state index contributed by atoms with van der Waals surface area (Å²) in [5, 5.41) is 0. The van der Waals surface area contributed by atoms with Crippen LogP contribution in [0.5, 0.6) is 0 Å². The van der Waals surface area contributed by atoms with Crippen LogP contribution in [0.2, 0.25) is 0 Å². The molecule has 0 spiro atoms. The maximum absolute atomic E-state index is 5.90. The van der Waals surface area contributed by atoms with E-state index in [0.717, 1.165) is 67.1 Å². The van der Waals surface area contributed by atoms with Crippen LogP contribution in [-0.4, -0.2) is 19.9 Å². The van der Waals surface area contributed by atoms with Crippen LogP contribution in [0.4, 0.5) is 0 Å². The number of hydrogen-bond donors (Lipinski definition) is 2. The fraction of sp³-hybridized carbons (Fsp3) is 0.353. The van der Waals surface area contributed by atoms with Crippen LogP contribution < -0.4 is 0 Å². The SMILES string of the molecule is CC(C)c1cccc(C(C)C)c1-c1c2nc(c(-c3c(C(C)C)cccc3C(C)C)c3ccc([nH]3)c(-c3c(C(C)C)cccc3C(C)C)c3nc(c(-c4c(C(C)C)cccc4C(C)C)c4ccc1[nH]4)C=C3)C=C2.[Zn]. The van der Waals surface area contributed by atoms with Crippen molar-refractivity contribution in [3.8, 4) is 44.5 Å². The van der Waals surface area contributed by atoms with E-state index >= 15 is 0 Å². The summed E-state index contributed by atoms with van der Waals surface area (Å²) in [5.74, 6) is 2.26. The summed E-state index contributed by atoms with van der Waals surface area (Å²) < 4.78 is 0. The van der Waals surface area contributed by atoms with Gasteiger partial charge in [-0.2, -0.15) is 0 Å². The molecule has 4 aromatic carbocycles. The zero-order valence-corrected chi connectivity index (χ0v) is 49.7. The monoisotopic (exact) mass is 1010 g/mol. The van der Waals surface area contributed by atoms with Crippen molar-refractivity contribution in [2.75, 3.05) is 0 Å². The standard InChI is InChI=1S/C68H78N4.Zn/c1-37(2)45-21-17-22-46(38(3)4)61(45)65-53-29-31-55(69-53)66(62-47(39(5)6)23-18-24-48(62)40(7)8)57-33-35-59(71-57)68(64-51(43(13)14)27-20-28-52(64)44(15)16)60-36-34-58(72-60)67(56-32-30-54(65)70-56)63-49(41(9)10)25-19-26-50(63)42(11)12;/h17-44,69,72H,1-16H3;. The Morgan fingerprint density at radius 1 is 0.247 bits per heavy atom. The third-order valence-corrected chi connectivity index (χ3v) is 15.2. The molecule has 0 aliphatic carbocycles. The van der Waals surface area contributed by atoms with E-state index in [-0.39, 0.29) is 66.8 Å². The zero-order valence-electron chi connectivity index (χ0n) is 46.8. The third-order valence-electron chi connectivity index (χ3n) is 15.2. The molecule has 0 atom stereocenters. The maximum Gasteiger partial charge on any atom is 0.0737 e. The van der Waals surface area contributed by atoms with Gasteiger partial charge in [0.15, 0.2) is 0 Å². The minimum Gasteiger partial charge on any atom is -0.354 e. The van der Waals surface area contributed by atoms with Gasteiger partial charge in [0, 0.05) is 63.8 Å². The molecule has 5 heteroatoms. The molecule has 2 aliphatic rings. The van der Waals surface area contributed by atoms with Crippen molar-refractivity contribution in [3.05, 3.63) is 164 Å². The number of rotatable bonds is 12. The maximum atomic E-state index is 5.90. The Kier molecular flexibility index (Phi) is 15.7. The largest absolute Gasteiger partial charge is 0.354 e. The molecule has 9 rings (SSSR count). The summed E-state index contributed by atoms with van der Waals surface area (Å²) in [6, 6.07) is 36.9. The molecule has 4 nitrogen and oxygen atoms in total. The fourth-order valence-electron chi connectivity index (χ4n) is 11.6. The normalized spacial score (nSPS) is 12.6. The van der Waals surface area contributed by atoms with Gasteiger partial charge in [0.1, 0.15) is 0 Å². The quantitative estimate of drug-likeness (QED) is 0.120. The molecule has 73 heavy (non-hydrogen) atoms. The molecule has 2 aliphatic heterocycles. The molecule has 2 N–H and O–H groups in total. The number of aromatic amines is 2. The number of aromatic nitrogens is 4. The Morgan fingerprint density at radius 3 is 0.562 bits per heavy atom. The predicted molar refractivity (Wildman–Crippen MR) is 313 cm³/mol. The molecule has 0 amide bonds. The number of fused-ring (bicyclic) bond motifs is 8. The van der Waals surface area contributed by atoms with Crippen LogP contribution in [0, 0.1) is 0 Å². The van der Waals surface area contributed by atoms with E-state index in [1.165, 1.54) is 66.8 Å². The first kappa shape index (κ1) is 53.4. The minimum absolute atomic E-state index is 0. The van der Waals surface area contributed by atoms with Gasteiger partial charge >= 0.3 is 0 Å². The van der Waals surface area contributed by atoms with Crippen molar-refractivity contribution in [2.24, 2.45) is 0 Å². The molecular weight excluding hydrogens is 938 g/mol. The van der Waals surface area contributed by atoms with Crippen molar-refractivity contribution in [3.63, 3.8) is 0 Å². The van der Waals surface area contributed by atoms with Crippen LogP contribution >= 0.6 is 0 Å². The van der Waals surface area contributed by atoms with E-state index in [2.05, 4.69) is 242 Å². The Hall–Kier alpha value is -5.90. The number of H-pyrrole nitrogens is 2. The molecule has 372 valence electrons. The minimum atomic E-state index is 0. The van der Waals surface area contributed by atoms with E-state index in [1.54, 1.807) is 0 Å². The number of benzene rings is 4. The molecule has 7 aromatic rings. The van der Waals surface area contributed by atoms with Gasteiger partial charge in [-0.05, 0) is 163 Å². The van der Waals surface area contributed by atoms with Crippen molar-refractivity contribution < 1.29 is 19.5 Å². The molecule has 0 fully saturated rings. The third kappa shape index (κ3) is 9.85. The first-order valence-electron chi connectivity index (χ1n) is 27.1. The smallest absolute Gasteiger partial charge is 0.0737 e. The summed E-state index contributed by atoms with van der Waals surface area (Å²) in [4.78, 5) is 20.1. The van der Waals surface area contributed by atoms with Crippen LogP contribution in [0.3, 0.4) is 0 Å². The van der Waals surface area contributed by atoms with Crippen LogP contribution in [0.1, 0.15) is 225 Å². The first-order chi connectivity index (χ1) is 34.4. The molecule has 5 heterocycles. The van der Waals surface area contributed by atoms with Gasteiger partial charge in [-0.1, -0.05) is 184 Å². The molecule has 3 aromatic heterocycles. The van der Waals surface area contributed by atoms with E-state index in [1.807, 2.05) is 0 Å². The van der Waals surface area contributed by atoms with Crippen molar-refractivity contribution in [1.82, 2.24) is 19.9 Å². The van der Waals surface area contributed by atoms with E-state index in [4.69, 9.17) is 9.97 Å². The Balaban J connectivity index is 0.00000711. The van der Waals surface area contributed by atoms with Crippen LogP contribution in [-0.2, 0) is 19.5 Å². The van der Waals surface area contributed by atoms with Crippen molar-refractivity contribution in [1.29, 1.82) is 0 Å². The van der Waals surface area contributed by atoms with Crippen LogP contribution in [0.15, 0.2) is 97.1 Å². The Bertz CT molecular complexity index is 2890. The van der Waals surface area contributed by atoms with Gasteiger partial charge in [-0.25, -0.2) is 9.97 Å². The number of nitrogens with one attached hydrogen (secondary N) is 2. The second kappa shape index (κ2) is 21.5. The average molecular weight is 1020 g/mol. The average Bonchev–Trinajstić information content (AvgIpc) is 4.19. The summed E-state index contributed by atoms with van der Waals surface area (Å²) in [6.07, 6.45) is 9.14. The van der Waals surface area contributed by atoms with Gasteiger partial charge in [0.05, 0.1) is 22.8 Å². The van der Waals surface area contributed by atoms with Gasteiger partial charge < -0.3 is 9.97 Å². The first-order valence-corrected chi connectivity index (χ1v) is 27.1. The molecular formula is C68H78N4Zn. The summed E-state index contributed by atoms with van der Waals surface area (Å²) in [7, 11) is 0. The molecule has 0 saturated heterocycles. The van der Waals surface area contributed by atoms with Gasteiger partial charge in [-0.15, -0.1) is 0 Å². The summed E-state index contributed by atoms with van der Waals surface area (Å²) in [6.45, 7) is 37.2. The second-order valence-corrected chi connectivity index (χ2v) is 23.0. The molecule has 8 bridgehead atoms. The number of nitrogens with zero attached hydrogens (tertiary/aromatic N) is 2. The predicted octanol–water partition coefficient (Wildman–Crippen LogP) is 20.3. The van der Waals surface area contributed by atoms with Crippen LogP contribution in [0.25, 0.3) is 90.9 Å². The van der Waals surface area contributed by atoms with E-state index in [9.17, 15) is 0 Å². The Morgan fingerprint density at radius 2 is 0.411 bits per heavy atom. The molecule has 0 radical (unpaired) electrons. The molecule has 0 unspecified atom stereocenters. The Labute approximate surface area is 450 Å². The van der Waals surface area contributed by atoms with Gasteiger partial charge in [0.25, 0.3) is 0 Å². The zero-order chi connectivity index (χ0) is 51.4. The van der Waals surface area contributed by atoms with E-state index in [0.29, 0.717) is 0 Å². The summed E-state index contributed by atoms with van der Waals surface area (Å²) >= 11 is 0. The van der Waals surface area contributed by atoms with Gasteiger partial charge in [0.2, 0.25) is 0 Å².